The van der Waals surface area contributed by atoms with E-state index in [0.29, 0.717) is 10.7 Å². The number of esters is 1. The third-order valence-corrected chi connectivity index (χ3v) is 7.20. The van der Waals surface area contributed by atoms with Gasteiger partial charge in [-0.05, 0) is 67.1 Å². The predicted molar refractivity (Wildman–Crippen MR) is 137 cm³/mol. The van der Waals surface area contributed by atoms with Crippen molar-refractivity contribution in [2.45, 2.75) is 44.9 Å². The summed E-state index contributed by atoms with van der Waals surface area (Å²) in [6, 6.07) is 18.5. The fourth-order valence-corrected chi connectivity index (χ4v) is 5.75. The summed E-state index contributed by atoms with van der Waals surface area (Å²) >= 11 is 7.29. The standard InChI is InChI=1S/C26H28N2O2S2/c1-30-25(29)23-20-14-7-2-3-8-16-22(20)32-24(23)28-26(31)27-21-15-10-9-13-19(21)17-18-11-5-4-6-12-18/h4-6,9-13,15H,2-3,7-8,14,16-17H2,1H3,(H2,27,28,31). The molecule has 0 bridgehead atoms. The number of fused-ring (bicyclic) bond motifs is 1. The molecule has 6 heteroatoms. The Morgan fingerprint density at radius 1 is 0.969 bits per heavy atom. The molecule has 1 aliphatic rings. The first-order valence-corrected chi connectivity index (χ1v) is 12.3. The molecule has 1 aromatic heterocycles. The highest BCUT2D eigenvalue weighted by Crippen LogP contribution is 2.37. The number of hydrogen-bond donors (Lipinski definition) is 2. The molecule has 3 aromatic rings. The Morgan fingerprint density at radius 2 is 1.69 bits per heavy atom. The number of carbonyl (C=O) groups is 1. The van der Waals surface area contributed by atoms with Crippen LogP contribution in [0.1, 0.15) is 57.6 Å². The van der Waals surface area contributed by atoms with Crippen molar-refractivity contribution in [2.75, 3.05) is 17.7 Å². The fraction of sp³-hybridized carbons (Fsp3) is 0.308. The van der Waals surface area contributed by atoms with Gasteiger partial charge in [0.2, 0.25) is 0 Å². The monoisotopic (exact) mass is 464 g/mol. The molecule has 0 aliphatic heterocycles. The van der Waals surface area contributed by atoms with E-state index in [9.17, 15) is 4.79 Å². The van der Waals surface area contributed by atoms with Crippen LogP contribution in [0, 0.1) is 0 Å². The highest BCUT2D eigenvalue weighted by molar-refractivity contribution is 7.80. The Hall–Kier alpha value is -2.70. The second-order valence-corrected chi connectivity index (χ2v) is 9.53. The number of methoxy groups -OCH3 is 1. The molecule has 32 heavy (non-hydrogen) atoms. The molecule has 0 saturated heterocycles. The van der Waals surface area contributed by atoms with Crippen LogP contribution in [-0.4, -0.2) is 18.2 Å². The highest BCUT2D eigenvalue weighted by Gasteiger charge is 2.25. The average Bonchev–Trinajstić information content (AvgIpc) is 3.11. The Kier molecular flexibility index (Phi) is 7.55. The first kappa shape index (κ1) is 22.5. The van der Waals surface area contributed by atoms with Crippen molar-refractivity contribution in [3.05, 3.63) is 81.7 Å². The molecule has 4 nitrogen and oxygen atoms in total. The van der Waals surface area contributed by atoms with E-state index in [1.165, 1.54) is 30.4 Å². The summed E-state index contributed by atoms with van der Waals surface area (Å²) in [5.74, 6) is -0.294. The number of aryl methyl sites for hydroxylation is 1. The smallest absolute Gasteiger partial charge is 0.341 e. The average molecular weight is 465 g/mol. The normalized spacial score (nSPS) is 13.4. The zero-order chi connectivity index (χ0) is 22.3. The van der Waals surface area contributed by atoms with Crippen LogP contribution in [-0.2, 0) is 24.0 Å². The largest absolute Gasteiger partial charge is 0.465 e. The molecule has 2 aromatic carbocycles. The maximum atomic E-state index is 12.6. The van der Waals surface area contributed by atoms with Crippen molar-refractivity contribution in [3.63, 3.8) is 0 Å². The lowest BCUT2D eigenvalue weighted by molar-refractivity contribution is 0.0601. The van der Waals surface area contributed by atoms with Gasteiger partial charge < -0.3 is 15.4 Å². The van der Waals surface area contributed by atoms with Gasteiger partial charge in [0.05, 0.1) is 12.7 Å². The summed E-state index contributed by atoms with van der Waals surface area (Å²) < 4.78 is 5.12. The lowest BCUT2D eigenvalue weighted by Crippen LogP contribution is -2.21. The lowest BCUT2D eigenvalue weighted by atomic mass is 9.96. The summed E-state index contributed by atoms with van der Waals surface area (Å²) in [7, 11) is 1.44. The molecule has 0 unspecified atom stereocenters. The van der Waals surface area contributed by atoms with Crippen molar-refractivity contribution in [1.29, 1.82) is 0 Å². The van der Waals surface area contributed by atoms with Crippen LogP contribution in [0.5, 0.6) is 0 Å². The maximum absolute atomic E-state index is 12.6. The molecule has 166 valence electrons. The number of carbonyl (C=O) groups excluding carboxylic acids is 1. The second-order valence-electron chi connectivity index (χ2n) is 8.01. The molecule has 1 aliphatic carbocycles. The van der Waals surface area contributed by atoms with Crippen LogP contribution in [0.3, 0.4) is 0 Å². The van der Waals surface area contributed by atoms with Crippen molar-refractivity contribution in [3.8, 4) is 0 Å². The van der Waals surface area contributed by atoms with E-state index in [4.69, 9.17) is 17.0 Å². The van der Waals surface area contributed by atoms with Gasteiger partial charge in [-0.3, -0.25) is 0 Å². The number of para-hydroxylation sites is 1. The molecule has 1 heterocycles. The van der Waals surface area contributed by atoms with Crippen LogP contribution in [0.25, 0.3) is 0 Å². The number of thiocarbonyl (C=S) groups is 1. The second kappa shape index (κ2) is 10.7. The van der Waals surface area contributed by atoms with Crippen molar-refractivity contribution < 1.29 is 9.53 Å². The van der Waals surface area contributed by atoms with Gasteiger partial charge in [0.25, 0.3) is 0 Å². The Bertz CT molecular complexity index is 1090. The Balaban J connectivity index is 1.55. The van der Waals surface area contributed by atoms with Crippen LogP contribution in [0.4, 0.5) is 10.7 Å². The van der Waals surface area contributed by atoms with E-state index >= 15 is 0 Å². The molecule has 0 atom stereocenters. The Labute approximate surface area is 199 Å². The molecule has 0 spiro atoms. The molecular weight excluding hydrogens is 436 g/mol. The molecule has 0 fully saturated rings. The van der Waals surface area contributed by atoms with Gasteiger partial charge in [-0.1, -0.05) is 61.4 Å². The van der Waals surface area contributed by atoms with Gasteiger partial charge in [0, 0.05) is 10.6 Å². The third-order valence-electron chi connectivity index (χ3n) is 5.79. The van der Waals surface area contributed by atoms with E-state index < -0.39 is 0 Å². The maximum Gasteiger partial charge on any atom is 0.341 e. The molecule has 0 saturated carbocycles. The minimum absolute atomic E-state index is 0.294. The first-order valence-electron chi connectivity index (χ1n) is 11.1. The minimum Gasteiger partial charge on any atom is -0.465 e. The van der Waals surface area contributed by atoms with Crippen molar-refractivity contribution >= 4 is 45.3 Å². The summed E-state index contributed by atoms with van der Waals surface area (Å²) in [6.07, 6.45) is 7.44. The zero-order valence-electron chi connectivity index (χ0n) is 18.3. The predicted octanol–water partition coefficient (Wildman–Crippen LogP) is 6.59. The quantitative estimate of drug-likeness (QED) is 0.329. The van der Waals surface area contributed by atoms with E-state index in [1.807, 2.05) is 24.3 Å². The van der Waals surface area contributed by atoms with E-state index in [2.05, 4.69) is 41.0 Å². The number of rotatable bonds is 5. The van der Waals surface area contributed by atoms with Crippen LogP contribution < -0.4 is 10.6 Å². The van der Waals surface area contributed by atoms with Gasteiger partial charge in [-0.15, -0.1) is 11.3 Å². The van der Waals surface area contributed by atoms with Crippen molar-refractivity contribution in [2.24, 2.45) is 0 Å². The lowest BCUT2D eigenvalue weighted by Gasteiger charge is -2.14. The van der Waals surface area contributed by atoms with Crippen LogP contribution in [0.15, 0.2) is 54.6 Å². The van der Waals surface area contributed by atoms with Gasteiger partial charge in [0.1, 0.15) is 5.00 Å². The van der Waals surface area contributed by atoms with Crippen LogP contribution >= 0.6 is 23.6 Å². The third kappa shape index (κ3) is 5.37. The summed E-state index contributed by atoms with van der Waals surface area (Å²) in [6.45, 7) is 0. The molecule has 0 radical (unpaired) electrons. The SMILES string of the molecule is COC(=O)c1c(NC(=S)Nc2ccccc2Cc2ccccc2)sc2c1CCCCCC2. The van der Waals surface area contributed by atoms with Gasteiger partial charge in [-0.2, -0.15) is 0 Å². The topological polar surface area (TPSA) is 50.4 Å². The molecule has 0 amide bonds. The number of benzene rings is 2. The minimum atomic E-state index is -0.294. The number of nitrogens with one attached hydrogen (secondary N) is 2. The van der Waals surface area contributed by atoms with Crippen LogP contribution in [0.2, 0.25) is 0 Å². The van der Waals surface area contributed by atoms with Gasteiger partial charge in [0.15, 0.2) is 5.11 Å². The molecule has 2 N–H and O–H groups in total. The zero-order valence-corrected chi connectivity index (χ0v) is 19.9. The van der Waals surface area contributed by atoms with E-state index in [0.717, 1.165) is 53.9 Å². The number of ether oxygens (including phenoxy) is 1. The summed E-state index contributed by atoms with van der Waals surface area (Å²) in [4.78, 5) is 13.9. The molecule has 4 rings (SSSR count). The molecular formula is C26H28N2O2S2. The fourth-order valence-electron chi connectivity index (χ4n) is 4.19. The number of hydrogen-bond acceptors (Lipinski definition) is 4. The highest BCUT2D eigenvalue weighted by atomic mass is 32.1. The summed E-state index contributed by atoms with van der Waals surface area (Å²) in [5, 5.41) is 7.90. The van der Waals surface area contributed by atoms with Gasteiger partial charge in [-0.25, -0.2) is 4.79 Å². The van der Waals surface area contributed by atoms with Gasteiger partial charge >= 0.3 is 5.97 Å². The van der Waals surface area contributed by atoms with Crippen molar-refractivity contribution in [1.82, 2.24) is 0 Å². The van der Waals surface area contributed by atoms with E-state index in [-0.39, 0.29) is 5.97 Å². The number of anilines is 2. The Morgan fingerprint density at radius 3 is 2.47 bits per heavy atom. The first-order chi connectivity index (χ1) is 15.7. The van der Waals surface area contributed by atoms with E-state index in [1.54, 1.807) is 11.3 Å². The summed E-state index contributed by atoms with van der Waals surface area (Å²) in [5.41, 5.74) is 5.15. The number of thiophene rings is 1.